The number of nitrogens with two attached hydrogens (primary N) is 1. The van der Waals surface area contributed by atoms with E-state index in [9.17, 15) is 0 Å². The van der Waals surface area contributed by atoms with Crippen molar-refractivity contribution < 1.29 is 0 Å². The van der Waals surface area contributed by atoms with Crippen LogP contribution < -0.4 is 5.73 Å². The Bertz CT molecular complexity index is 721. The van der Waals surface area contributed by atoms with E-state index in [1.807, 2.05) is 18.2 Å². The zero-order chi connectivity index (χ0) is 12.7. The molecule has 2 heterocycles. The molecule has 18 heavy (non-hydrogen) atoms. The highest BCUT2D eigenvalue weighted by Crippen LogP contribution is 2.29. The molecule has 0 unspecified atom stereocenters. The number of nitrogens with zero attached hydrogens (tertiary/aromatic N) is 2. The second-order valence-corrected chi connectivity index (χ2v) is 5.13. The summed E-state index contributed by atoms with van der Waals surface area (Å²) in [6.45, 7) is 0. The van der Waals surface area contributed by atoms with Gasteiger partial charge in [-0.25, -0.2) is 9.97 Å². The van der Waals surface area contributed by atoms with Gasteiger partial charge in [-0.05, 0) is 40.2 Å². The number of nitrogens with one attached hydrogen (secondary N) is 1. The van der Waals surface area contributed by atoms with Gasteiger partial charge in [-0.1, -0.05) is 11.6 Å². The Kier molecular flexibility index (Phi) is 2.72. The molecular weight excluding hydrogens is 316 g/mol. The number of benzene rings is 1. The Morgan fingerprint density at radius 2 is 2.11 bits per heavy atom. The molecule has 0 amide bonds. The summed E-state index contributed by atoms with van der Waals surface area (Å²) in [5.41, 5.74) is 8.15. The van der Waals surface area contributed by atoms with E-state index in [1.54, 1.807) is 12.3 Å². The maximum atomic E-state index is 5.99. The first kappa shape index (κ1) is 11.5. The van der Waals surface area contributed by atoms with Crippen molar-refractivity contribution in [3.05, 3.63) is 40.0 Å². The van der Waals surface area contributed by atoms with E-state index < -0.39 is 0 Å². The van der Waals surface area contributed by atoms with Crippen molar-refractivity contribution in [1.29, 1.82) is 0 Å². The van der Waals surface area contributed by atoms with Crippen molar-refractivity contribution in [2.45, 2.75) is 0 Å². The van der Waals surface area contributed by atoms with E-state index in [2.05, 4.69) is 30.9 Å². The molecule has 0 aliphatic rings. The molecule has 0 atom stereocenters. The number of pyridine rings is 1. The molecule has 0 saturated carbocycles. The number of imidazole rings is 1. The van der Waals surface area contributed by atoms with Crippen LogP contribution >= 0.6 is 27.5 Å². The summed E-state index contributed by atoms with van der Waals surface area (Å²) in [6.07, 6.45) is 1.68. The van der Waals surface area contributed by atoms with Crippen LogP contribution in [-0.2, 0) is 0 Å². The van der Waals surface area contributed by atoms with Gasteiger partial charge in [-0.3, -0.25) is 0 Å². The van der Waals surface area contributed by atoms with Crippen LogP contribution in [0.5, 0.6) is 0 Å². The lowest BCUT2D eigenvalue weighted by Gasteiger charge is -1.95. The molecule has 6 heteroatoms. The zero-order valence-electron chi connectivity index (χ0n) is 9.11. The molecule has 2 aromatic heterocycles. The fourth-order valence-electron chi connectivity index (χ4n) is 1.72. The van der Waals surface area contributed by atoms with Gasteiger partial charge in [0.15, 0.2) is 0 Å². The molecule has 0 bridgehead atoms. The van der Waals surface area contributed by atoms with Crippen molar-refractivity contribution in [2.75, 3.05) is 5.73 Å². The van der Waals surface area contributed by atoms with E-state index in [-0.39, 0.29) is 0 Å². The Morgan fingerprint density at radius 1 is 1.28 bits per heavy atom. The summed E-state index contributed by atoms with van der Waals surface area (Å²) < 4.78 is 0.857. The summed E-state index contributed by atoms with van der Waals surface area (Å²) in [5, 5.41) is 0.653. The lowest BCUT2D eigenvalue weighted by Crippen LogP contribution is -1.89. The van der Waals surface area contributed by atoms with Gasteiger partial charge < -0.3 is 10.7 Å². The van der Waals surface area contributed by atoms with Crippen LogP contribution in [0.1, 0.15) is 0 Å². The van der Waals surface area contributed by atoms with Crippen LogP contribution in [0.2, 0.25) is 5.02 Å². The molecule has 0 fully saturated rings. The summed E-state index contributed by atoms with van der Waals surface area (Å²) in [7, 11) is 0. The monoisotopic (exact) mass is 322 g/mol. The second kappa shape index (κ2) is 4.26. The number of hydrogen-bond acceptors (Lipinski definition) is 3. The molecule has 90 valence electrons. The molecule has 0 saturated heterocycles. The average Bonchev–Trinajstić information content (AvgIpc) is 2.74. The minimum atomic E-state index is 0.485. The molecule has 0 radical (unpaired) electrons. The lowest BCUT2D eigenvalue weighted by atomic mass is 10.3. The van der Waals surface area contributed by atoms with Gasteiger partial charge in [0.2, 0.25) is 0 Å². The zero-order valence-corrected chi connectivity index (χ0v) is 11.5. The van der Waals surface area contributed by atoms with Crippen LogP contribution in [0.25, 0.3) is 22.4 Å². The SMILES string of the molecule is Nc1ccc(-c2nc3c(Br)cc(Cl)cc3[nH]2)cn1. The van der Waals surface area contributed by atoms with Crippen molar-refractivity contribution >= 4 is 44.4 Å². The molecule has 3 N–H and O–H groups in total. The van der Waals surface area contributed by atoms with Crippen molar-refractivity contribution in [3.8, 4) is 11.4 Å². The van der Waals surface area contributed by atoms with Gasteiger partial charge in [-0.2, -0.15) is 0 Å². The van der Waals surface area contributed by atoms with Gasteiger partial charge in [-0.15, -0.1) is 0 Å². The molecule has 3 rings (SSSR count). The molecule has 0 aliphatic carbocycles. The van der Waals surface area contributed by atoms with Crippen LogP contribution in [0.15, 0.2) is 34.9 Å². The fraction of sp³-hybridized carbons (Fsp3) is 0. The third-order valence-electron chi connectivity index (χ3n) is 2.56. The summed E-state index contributed by atoms with van der Waals surface area (Å²) in [6, 6.07) is 7.26. The summed E-state index contributed by atoms with van der Waals surface area (Å²) >= 11 is 9.44. The maximum absolute atomic E-state index is 5.99. The quantitative estimate of drug-likeness (QED) is 0.718. The van der Waals surface area contributed by atoms with E-state index in [1.165, 1.54) is 0 Å². The molecule has 3 aromatic rings. The lowest BCUT2D eigenvalue weighted by molar-refractivity contribution is 1.28. The predicted octanol–water partition coefficient (Wildman–Crippen LogP) is 3.62. The fourth-order valence-corrected chi connectivity index (χ4v) is 2.62. The Hall–Kier alpha value is -1.59. The number of rotatable bonds is 1. The first-order valence-corrected chi connectivity index (χ1v) is 6.37. The average molecular weight is 324 g/mol. The van der Waals surface area contributed by atoms with Crippen LogP contribution in [0.3, 0.4) is 0 Å². The largest absolute Gasteiger partial charge is 0.384 e. The van der Waals surface area contributed by atoms with Gasteiger partial charge in [0.25, 0.3) is 0 Å². The maximum Gasteiger partial charge on any atom is 0.140 e. The van der Waals surface area contributed by atoms with E-state index in [0.29, 0.717) is 10.8 Å². The molecule has 4 nitrogen and oxygen atoms in total. The number of anilines is 1. The van der Waals surface area contributed by atoms with Gasteiger partial charge in [0.05, 0.1) is 5.52 Å². The van der Waals surface area contributed by atoms with Gasteiger partial charge >= 0.3 is 0 Å². The molecule has 1 aromatic carbocycles. The van der Waals surface area contributed by atoms with Crippen LogP contribution in [-0.4, -0.2) is 15.0 Å². The first-order valence-electron chi connectivity index (χ1n) is 5.20. The molecule has 0 spiro atoms. The van der Waals surface area contributed by atoms with Crippen LogP contribution in [0.4, 0.5) is 5.82 Å². The topological polar surface area (TPSA) is 67.6 Å². The smallest absolute Gasteiger partial charge is 0.140 e. The van der Waals surface area contributed by atoms with Crippen molar-refractivity contribution in [2.24, 2.45) is 0 Å². The Balaban J connectivity index is 2.19. The number of H-pyrrole nitrogens is 1. The number of nitrogen functional groups attached to an aromatic ring is 1. The standard InChI is InChI=1S/C12H8BrClN4/c13-8-3-7(14)4-9-11(8)18-12(17-9)6-1-2-10(15)16-5-6/h1-5H,(H2,15,16)(H,17,18). The van der Waals surface area contributed by atoms with E-state index >= 15 is 0 Å². The highest BCUT2D eigenvalue weighted by atomic mass is 79.9. The van der Waals surface area contributed by atoms with E-state index in [4.69, 9.17) is 17.3 Å². The normalized spacial score (nSPS) is 11.0. The molecule has 0 aliphatic heterocycles. The number of hydrogen-bond donors (Lipinski definition) is 2. The Morgan fingerprint density at radius 3 is 2.83 bits per heavy atom. The predicted molar refractivity (Wildman–Crippen MR) is 76.4 cm³/mol. The number of aromatic nitrogens is 3. The Labute approximate surface area is 116 Å². The highest BCUT2D eigenvalue weighted by molar-refractivity contribution is 9.10. The third-order valence-corrected chi connectivity index (χ3v) is 3.39. The summed E-state index contributed by atoms with van der Waals surface area (Å²) in [4.78, 5) is 11.8. The number of halogens is 2. The number of fused-ring (bicyclic) bond motifs is 1. The van der Waals surface area contributed by atoms with Crippen molar-refractivity contribution in [1.82, 2.24) is 15.0 Å². The summed E-state index contributed by atoms with van der Waals surface area (Å²) in [5.74, 6) is 1.22. The van der Waals surface area contributed by atoms with Gasteiger partial charge in [0.1, 0.15) is 17.2 Å². The van der Waals surface area contributed by atoms with E-state index in [0.717, 1.165) is 26.9 Å². The molecular formula is C12H8BrClN4. The second-order valence-electron chi connectivity index (χ2n) is 3.84. The minimum Gasteiger partial charge on any atom is -0.384 e. The highest BCUT2D eigenvalue weighted by Gasteiger charge is 2.09. The number of aromatic amines is 1. The van der Waals surface area contributed by atoms with Crippen molar-refractivity contribution in [3.63, 3.8) is 0 Å². The first-order chi connectivity index (χ1) is 8.63. The van der Waals surface area contributed by atoms with Gasteiger partial charge in [0, 0.05) is 21.3 Å². The minimum absolute atomic E-state index is 0.485. The third kappa shape index (κ3) is 1.95. The van der Waals surface area contributed by atoms with Crippen LogP contribution in [0, 0.1) is 0 Å².